The Labute approximate surface area is 133 Å². The maximum absolute atomic E-state index is 13.4. The first-order valence-corrected chi connectivity index (χ1v) is 7.41. The maximum atomic E-state index is 13.4. The van der Waals surface area contributed by atoms with Crippen molar-refractivity contribution in [2.75, 3.05) is 0 Å². The molecule has 0 amide bonds. The van der Waals surface area contributed by atoms with Crippen molar-refractivity contribution in [2.24, 2.45) is 5.73 Å². The van der Waals surface area contributed by atoms with E-state index in [9.17, 15) is 17.6 Å². The lowest BCUT2D eigenvalue weighted by atomic mass is 9.76. The molecule has 0 fully saturated rings. The molecular weight excluding hydrogens is 306 g/mol. The molecule has 2 rings (SSSR count). The molecule has 1 aromatic carbocycles. The maximum Gasteiger partial charge on any atom is 0.409 e. The lowest BCUT2D eigenvalue weighted by Crippen LogP contribution is -2.33. The molecule has 0 spiro atoms. The van der Waals surface area contributed by atoms with E-state index in [0.29, 0.717) is 24.8 Å². The Morgan fingerprint density at radius 1 is 1.35 bits per heavy atom. The van der Waals surface area contributed by atoms with Gasteiger partial charge in [0, 0.05) is 18.0 Å². The summed E-state index contributed by atoms with van der Waals surface area (Å²) in [6, 6.07) is 4.37. The first-order chi connectivity index (χ1) is 10.8. The monoisotopic (exact) mass is 325 g/mol. The van der Waals surface area contributed by atoms with Crippen LogP contribution < -0.4 is 5.73 Å². The minimum atomic E-state index is -4.37. The second-order valence-electron chi connectivity index (χ2n) is 5.71. The number of hydrogen-bond donors (Lipinski definition) is 1. The molecule has 1 aliphatic carbocycles. The average molecular weight is 325 g/mol. The molecule has 1 aliphatic rings. The van der Waals surface area contributed by atoms with Crippen molar-refractivity contribution in [1.82, 2.24) is 0 Å². The van der Waals surface area contributed by atoms with Gasteiger partial charge in [-0.15, -0.1) is 0 Å². The number of allylic oxidation sites excluding steroid dienone is 5. The molecule has 2 unspecified atom stereocenters. The molecule has 0 aliphatic heterocycles. The van der Waals surface area contributed by atoms with Crippen LogP contribution in [0.1, 0.15) is 29.9 Å². The van der Waals surface area contributed by atoms with Crippen LogP contribution in [0.2, 0.25) is 0 Å². The topological polar surface area (TPSA) is 26.0 Å². The summed E-state index contributed by atoms with van der Waals surface area (Å²) in [7, 11) is 0. The Morgan fingerprint density at radius 2 is 2.09 bits per heavy atom. The number of benzene rings is 1. The summed E-state index contributed by atoms with van der Waals surface area (Å²) < 4.78 is 50.5. The van der Waals surface area contributed by atoms with Crippen molar-refractivity contribution in [3.63, 3.8) is 0 Å². The summed E-state index contributed by atoms with van der Waals surface area (Å²) in [5.41, 5.74) is 8.46. The van der Waals surface area contributed by atoms with E-state index in [2.05, 4.69) is 6.58 Å². The van der Waals surface area contributed by atoms with Gasteiger partial charge in [0.15, 0.2) is 0 Å². The van der Waals surface area contributed by atoms with Crippen LogP contribution in [0, 0.1) is 5.82 Å². The van der Waals surface area contributed by atoms with Gasteiger partial charge >= 0.3 is 6.18 Å². The van der Waals surface area contributed by atoms with Crippen molar-refractivity contribution in [3.05, 3.63) is 71.6 Å². The van der Waals surface area contributed by atoms with Crippen molar-refractivity contribution >= 4 is 0 Å². The van der Waals surface area contributed by atoms with E-state index in [4.69, 9.17) is 5.73 Å². The van der Waals surface area contributed by atoms with E-state index in [-0.39, 0.29) is 23.9 Å². The SMILES string of the molecule is C=C/C=C(\C=C\C(F)(F)F)CC1c2ccc(F)cc2CCC1N. The summed E-state index contributed by atoms with van der Waals surface area (Å²) in [5.74, 6) is -0.444. The van der Waals surface area contributed by atoms with Gasteiger partial charge in [-0.1, -0.05) is 30.9 Å². The Morgan fingerprint density at radius 3 is 2.74 bits per heavy atom. The smallest absolute Gasteiger partial charge is 0.327 e. The molecule has 124 valence electrons. The van der Waals surface area contributed by atoms with E-state index in [1.54, 1.807) is 12.1 Å². The third kappa shape index (κ3) is 4.79. The Hall–Kier alpha value is -1.88. The fraction of sp³-hybridized carbons (Fsp3) is 0.333. The van der Waals surface area contributed by atoms with Crippen molar-refractivity contribution in [3.8, 4) is 0 Å². The fourth-order valence-electron chi connectivity index (χ4n) is 2.97. The van der Waals surface area contributed by atoms with Crippen molar-refractivity contribution < 1.29 is 17.6 Å². The number of halogens is 4. The molecule has 2 atom stereocenters. The first kappa shape index (κ1) is 17.5. The second-order valence-corrected chi connectivity index (χ2v) is 5.71. The van der Waals surface area contributed by atoms with Gasteiger partial charge in [-0.3, -0.25) is 0 Å². The van der Waals surface area contributed by atoms with E-state index < -0.39 is 6.18 Å². The molecule has 0 heterocycles. The fourth-order valence-corrected chi connectivity index (χ4v) is 2.97. The van der Waals surface area contributed by atoms with Crippen LogP contribution in [0.4, 0.5) is 17.6 Å². The zero-order valence-corrected chi connectivity index (χ0v) is 12.6. The molecule has 0 radical (unpaired) electrons. The number of hydrogen-bond acceptors (Lipinski definition) is 1. The molecule has 1 aromatic rings. The number of alkyl halides is 3. The van der Waals surface area contributed by atoms with E-state index in [1.807, 2.05) is 0 Å². The largest absolute Gasteiger partial charge is 0.409 e. The van der Waals surface area contributed by atoms with Crippen LogP contribution in [0.15, 0.2) is 54.7 Å². The quantitative estimate of drug-likeness (QED) is 0.624. The standard InChI is InChI=1S/C18H19F4N/c1-2-3-12(8-9-18(20,21)22)10-16-15-6-5-14(19)11-13(15)4-7-17(16)23/h2-3,5-6,8-9,11,16-17H,1,4,7,10,23H2/b9-8+,12-3+. The van der Waals surface area contributed by atoms with Gasteiger partial charge < -0.3 is 5.73 Å². The molecule has 0 aromatic heterocycles. The van der Waals surface area contributed by atoms with Crippen molar-refractivity contribution in [1.29, 1.82) is 0 Å². The van der Waals surface area contributed by atoms with E-state index >= 15 is 0 Å². The lowest BCUT2D eigenvalue weighted by Gasteiger charge is -2.31. The van der Waals surface area contributed by atoms with E-state index in [0.717, 1.165) is 17.2 Å². The third-order valence-corrected chi connectivity index (χ3v) is 4.04. The molecule has 5 heteroatoms. The van der Waals surface area contributed by atoms with Crippen LogP contribution in [-0.2, 0) is 6.42 Å². The molecule has 0 saturated heterocycles. The zero-order chi connectivity index (χ0) is 17.0. The molecule has 0 bridgehead atoms. The van der Waals surface area contributed by atoms with Gasteiger partial charge in [-0.05, 0) is 48.1 Å². The molecule has 1 nitrogen and oxygen atoms in total. The summed E-state index contributed by atoms with van der Waals surface area (Å²) in [6.45, 7) is 3.54. The third-order valence-electron chi connectivity index (χ3n) is 4.04. The van der Waals surface area contributed by atoms with Crippen LogP contribution in [0.25, 0.3) is 0 Å². The average Bonchev–Trinajstić information content (AvgIpc) is 2.47. The van der Waals surface area contributed by atoms with Gasteiger partial charge in [0.2, 0.25) is 0 Å². The molecular formula is C18H19F4N. The second kappa shape index (κ2) is 7.13. The Balaban J connectivity index is 2.28. The van der Waals surface area contributed by atoms with Crippen LogP contribution in [0.5, 0.6) is 0 Å². The van der Waals surface area contributed by atoms with E-state index in [1.165, 1.54) is 18.2 Å². The molecule has 0 saturated carbocycles. The van der Waals surface area contributed by atoms with Gasteiger partial charge in [0.25, 0.3) is 0 Å². The van der Waals surface area contributed by atoms with Crippen LogP contribution >= 0.6 is 0 Å². The summed E-state index contributed by atoms with van der Waals surface area (Å²) in [4.78, 5) is 0. The van der Waals surface area contributed by atoms with Crippen LogP contribution in [0.3, 0.4) is 0 Å². The number of aryl methyl sites for hydroxylation is 1. The van der Waals surface area contributed by atoms with Gasteiger partial charge in [0.05, 0.1) is 0 Å². The Kier molecular flexibility index (Phi) is 5.42. The zero-order valence-electron chi connectivity index (χ0n) is 12.6. The molecule has 23 heavy (non-hydrogen) atoms. The first-order valence-electron chi connectivity index (χ1n) is 7.41. The minimum Gasteiger partial charge on any atom is -0.327 e. The summed E-state index contributed by atoms with van der Waals surface area (Å²) in [5, 5.41) is 0. The Bertz CT molecular complexity index is 628. The minimum absolute atomic E-state index is 0.136. The highest BCUT2D eigenvalue weighted by Gasteiger charge is 2.28. The number of nitrogens with two attached hydrogens (primary N) is 1. The van der Waals surface area contributed by atoms with Crippen LogP contribution in [-0.4, -0.2) is 12.2 Å². The predicted molar refractivity (Wildman–Crippen MR) is 83.5 cm³/mol. The van der Waals surface area contributed by atoms with Gasteiger partial charge in [-0.25, -0.2) is 4.39 Å². The summed E-state index contributed by atoms with van der Waals surface area (Å²) in [6.07, 6.45) is 1.63. The highest BCUT2D eigenvalue weighted by Crippen LogP contribution is 2.36. The van der Waals surface area contributed by atoms with Crippen molar-refractivity contribution in [2.45, 2.75) is 37.4 Å². The number of fused-ring (bicyclic) bond motifs is 1. The molecule has 2 N–H and O–H groups in total. The predicted octanol–water partition coefficient (Wildman–Crippen LogP) is 4.80. The van der Waals surface area contributed by atoms with Gasteiger partial charge in [0.1, 0.15) is 5.82 Å². The highest BCUT2D eigenvalue weighted by atomic mass is 19.4. The normalized spacial score (nSPS) is 22.2. The summed E-state index contributed by atoms with van der Waals surface area (Å²) >= 11 is 0. The lowest BCUT2D eigenvalue weighted by molar-refractivity contribution is -0.0798. The van der Waals surface area contributed by atoms with Gasteiger partial charge in [-0.2, -0.15) is 13.2 Å². The number of rotatable bonds is 4. The highest BCUT2D eigenvalue weighted by molar-refractivity contribution is 5.37.